The van der Waals surface area contributed by atoms with Gasteiger partial charge in [0.2, 0.25) is 0 Å². The van der Waals surface area contributed by atoms with Gasteiger partial charge in [0.15, 0.2) is 10.9 Å². The molecule has 1 aromatic carbocycles. The lowest BCUT2D eigenvalue weighted by Crippen LogP contribution is -2.38. The zero-order chi connectivity index (χ0) is 15.0. The normalized spacial score (nSPS) is 17.1. The van der Waals surface area contributed by atoms with Crippen LogP contribution in [0.1, 0.15) is 42.6 Å². The molecule has 1 aromatic heterocycles. The van der Waals surface area contributed by atoms with Crippen LogP contribution in [0, 0.1) is 0 Å². The molecule has 0 aliphatic carbocycles. The number of methoxy groups -OCH3 is 1. The molecule has 0 amide bonds. The summed E-state index contributed by atoms with van der Waals surface area (Å²) in [5.41, 5.74) is 3.25. The predicted octanol–water partition coefficient (Wildman–Crippen LogP) is 2.93. The number of benzene rings is 1. The van der Waals surface area contributed by atoms with Crippen molar-refractivity contribution in [1.29, 1.82) is 0 Å². The van der Waals surface area contributed by atoms with Crippen molar-refractivity contribution in [2.24, 2.45) is 0 Å². The van der Waals surface area contributed by atoms with Crippen LogP contribution >= 0.6 is 12.2 Å². The Balaban J connectivity index is 2.16. The largest absolute Gasteiger partial charge is 0.496 e. The molecule has 0 saturated carbocycles. The number of rotatable bonds is 3. The van der Waals surface area contributed by atoms with Crippen molar-refractivity contribution < 1.29 is 4.74 Å². The van der Waals surface area contributed by atoms with E-state index in [1.807, 2.05) is 24.3 Å². The van der Waals surface area contributed by atoms with Gasteiger partial charge < -0.3 is 15.4 Å². The Morgan fingerprint density at radius 2 is 2.05 bits per heavy atom. The summed E-state index contributed by atoms with van der Waals surface area (Å²) in [6, 6.07) is 7.89. The van der Waals surface area contributed by atoms with Gasteiger partial charge in [0.05, 0.1) is 13.2 Å². The first-order valence-corrected chi connectivity index (χ1v) is 7.31. The van der Waals surface area contributed by atoms with Gasteiger partial charge in [-0.1, -0.05) is 32.0 Å². The highest BCUT2D eigenvalue weighted by molar-refractivity contribution is 7.80. The molecule has 0 spiro atoms. The summed E-state index contributed by atoms with van der Waals surface area (Å²) >= 11 is 5.30. The lowest BCUT2D eigenvalue weighted by atomic mass is 9.93. The first-order chi connectivity index (χ1) is 10.1. The van der Waals surface area contributed by atoms with Crippen molar-refractivity contribution in [3.05, 3.63) is 41.1 Å². The highest BCUT2D eigenvalue weighted by Gasteiger charge is 2.31. The van der Waals surface area contributed by atoms with Gasteiger partial charge in [0.25, 0.3) is 0 Å². The Labute approximate surface area is 129 Å². The van der Waals surface area contributed by atoms with Crippen LogP contribution in [0.5, 0.6) is 5.75 Å². The fraction of sp³-hybridized carbons (Fsp3) is 0.333. The fourth-order valence-corrected chi connectivity index (χ4v) is 2.89. The molecule has 2 heterocycles. The van der Waals surface area contributed by atoms with E-state index in [0.717, 1.165) is 28.4 Å². The lowest BCUT2D eigenvalue weighted by molar-refractivity contribution is 0.406. The molecule has 1 unspecified atom stereocenters. The molecule has 0 fully saturated rings. The second-order valence-electron chi connectivity index (χ2n) is 5.33. The first-order valence-electron chi connectivity index (χ1n) is 6.90. The van der Waals surface area contributed by atoms with Crippen LogP contribution in [-0.2, 0) is 0 Å². The third-order valence-electron chi connectivity index (χ3n) is 3.66. The molecule has 0 saturated heterocycles. The molecule has 5 nitrogen and oxygen atoms in total. The van der Waals surface area contributed by atoms with Crippen LogP contribution in [0.4, 0.5) is 5.82 Å². The number of nitrogens with zero attached hydrogens (tertiary/aromatic N) is 1. The molecule has 1 aliphatic heterocycles. The number of aromatic nitrogens is 2. The average molecular weight is 302 g/mol. The third-order valence-corrected chi connectivity index (χ3v) is 3.88. The van der Waals surface area contributed by atoms with Crippen LogP contribution in [-0.4, -0.2) is 22.4 Å². The SMILES string of the molecule is COc1ccccc1C1NC(=S)Nc2n[nH]c(C(C)C)c21. The van der Waals surface area contributed by atoms with Crippen molar-refractivity contribution in [1.82, 2.24) is 15.5 Å². The van der Waals surface area contributed by atoms with Gasteiger partial charge in [-0.15, -0.1) is 0 Å². The van der Waals surface area contributed by atoms with Crippen molar-refractivity contribution in [3.8, 4) is 5.75 Å². The van der Waals surface area contributed by atoms with E-state index in [9.17, 15) is 0 Å². The number of hydrogen-bond acceptors (Lipinski definition) is 3. The Bertz CT molecular complexity index is 680. The molecule has 110 valence electrons. The molecule has 0 bridgehead atoms. The summed E-state index contributed by atoms with van der Waals surface area (Å²) in [5, 5.41) is 14.5. The molecule has 6 heteroatoms. The van der Waals surface area contributed by atoms with Crippen LogP contribution in [0.3, 0.4) is 0 Å². The van der Waals surface area contributed by atoms with Gasteiger partial charge in [-0.3, -0.25) is 5.10 Å². The second-order valence-corrected chi connectivity index (χ2v) is 5.74. The molecular formula is C15H18N4OS. The molecule has 0 radical (unpaired) electrons. The molecule has 2 aromatic rings. The number of nitrogens with one attached hydrogen (secondary N) is 3. The topological polar surface area (TPSA) is 62.0 Å². The van der Waals surface area contributed by atoms with Crippen molar-refractivity contribution >= 4 is 23.1 Å². The minimum Gasteiger partial charge on any atom is -0.496 e. The van der Waals surface area contributed by atoms with Gasteiger partial charge in [-0.25, -0.2) is 0 Å². The molecular weight excluding hydrogens is 284 g/mol. The minimum absolute atomic E-state index is 0.0685. The number of fused-ring (bicyclic) bond motifs is 1. The quantitative estimate of drug-likeness (QED) is 0.761. The smallest absolute Gasteiger partial charge is 0.172 e. The van der Waals surface area contributed by atoms with Crippen LogP contribution < -0.4 is 15.4 Å². The third kappa shape index (κ3) is 2.35. The summed E-state index contributed by atoms with van der Waals surface area (Å²) in [7, 11) is 1.68. The van der Waals surface area contributed by atoms with E-state index >= 15 is 0 Å². The zero-order valence-corrected chi connectivity index (χ0v) is 13.0. The average Bonchev–Trinajstić information content (AvgIpc) is 2.90. The minimum atomic E-state index is -0.0685. The monoisotopic (exact) mass is 302 g/mol. The highest BCUT2D eigenvalue weighted by Crippen LogP contribution is 2.38. The second kappa shape index (κ2) is 5.37. The molecule has 1 atom stereocenters. The number of thiocarbonyl (C=S) groups is 1. The number of ether oxygens (including phenoxy) is 1. The Morgan fingerprint density at radius 1 is 1.29 bits per heavy atom. The van der Waals surface area contributed by atoms with Gasteiger partial charge in [0.1, 0.15) is 5.75 Å². The maximum atomic E-state index is 5.49. The van der Waals surface area contributed by atoms with Crippen molar-refractivity contribution in [2.75, 3.05) is 12.4 Å². The zero-order valence-electron chi connectivity index (χ0n) is 12.2. The van der Waals surface area contributed by atoms with Crippen molar-refractivity contribution in [2.45, 2.75) is 25.8 Å². The molecule has 21 heavy (non-hydrogen) atoms. The van der Waals surface area contributed by atoms with E-state index in [0.29, 0.717) is 11.0 Å². The lowest BCUT2D eigenvalue weighted by Gasteiger charge is -2.28. The Hall–Kier alpha value is -2.08. The Morgan fingerprint density at radius 3 is 2.76 bits per heavy atom. The predicted molar refractivity (Wildman–Crippen MR) is 86.9 cm³/mol. The van der Waals surface area contributed by atoms with E-state index in [4.69, 9.17) is 17.0 Å². The Kier molecular flexibility index (Phi) is 3.55. The molecule has 1 aliphatic rings. The van der Waals surface area contributed by atoms with E-state index in [-0.39, 0.29) is 6.04 Å². The maximum Gasteiger partial charge on any atom is 0.172 e. The van der Waals surface area contributed by atoms with Gasteiger partial charge in [-0.05, 0) is 24.2 Å². The van der Waals surface area contributed by atoms with E-state index < -0.39 is 0 Å². The number of anilines is 1. The molecule has 3 N–H and O–H groups in total. The summed E-state index contributed by atoms with van der Waals surface area (Å²) in [6.45, 7) is 4.28. The fourth-order valence-electron chi connectivity index (χ4n) is 2.68. The summed E-state index contributed by atoms with van der Waals surface area (Å²) in [6.07, 6.45) is 0. The van der Waals surface area contributed by atoms with Crippen LogP contribution in [0.2, 0.25) is 0 Å². The van der Waals surface area contributed by atoms with Gasteiger partial charge in [0, 0.05) is 16.8 Å². The van der Waals surface area contributed by atoms with Crippen molar-refractivity contribution in [3.63, 3.8) is 0 Å². The van der Waals surface area contributed by atoms with Crippen LogP contribution in [0.15, 0.2) is 24.3 Å². The standard InChI is InChI=1S/C15H18N4OS/c1-8(2)12-11-13(9-6-4-5-7-10(9)20-3)16-15(21)17-14(11)19-18-12/h4-8,13H,1-3H3,(H3,16,17,18,19,21). The number of hydrogen-bond donors (Lipinski definition) is 3. The first kappa shape index (κ1) is 13.9. The van der Waals surface area contributed by atoms with E-state index in [2.05, 4.69) is 34.7 Å². The highest BCUT2D eigenvalue weighted by atomic mass is 32.1. The van der Waals surface area contributed by atoms with E-state index in [1.165, 1.54) is 0 Å². The summed E-state index contributed by atoms with van der Waals surface area (Å²) < 4.78 is 5.49. The number of para-hydroxylation sites is 1. The maximum absolute atomic E-state index is 5.49. The number of aromatic amines is 1. The summed E-state index contributed by atoms with van der Waals surface area (Å²) in [5.74, 6) is 1.97. The number of H-pyrrole nitrogens is 1. The van der Waals surface area contributed by atoms with E-state index in [1.54, 1.807) is 7.11 Å². The molecule has 3 rings (SSSR count). The van der Waals surface area contributed by atoms with Gasteiger partial charge in [-0.2, -0.15) is 5.10 Å². The van der Waals surface area contributed by atoms with Crippen LogP contribution in [0.25, 0.3) is 0 Å². The summed E-state index contributed by atoms with van der Waals surface area (Å²) in [4.78, 5) is 0. The van der Waals surface area contributed by atoms with Gasteiger partial charge >= 0.3 is 0 Å².